The van der Waals surface area contributed by atoms with Crippen molar-refractivity contribution in [1.29, 1.82) is 5.41 Å². The summed E-state index contributed by atoms with van der Waals surface area (Å²) in [5.74, 6) is -4.13. The van der Waals surface area contributed by atoms with Crippen LogP contribution in [-0.4, -0.2) is 51.2 Å². The smallest absolute Gasteiger partial charge is 0.309 e. The van der Waals surface area contributed by atoms with Crippen molar-refractivity contribution in [3.05, 3.63) is 4.91 Å². The number of carboxylic acid groups (broad SMARTS) is 1. The first-order valence-corrected chi connectivity index (χ1v) is 8.33. The van der Waals surface area contributed by atoms with Crippen molar-refractivity contribution in [2.45, 2.75) is 58.2 Å². The summed E-state index contributed by atoms with van der Waals surface area (Å²) in [6.45, 7) is 5.19. The van der Waals surface area contributed by atoms with E-state index in [0.29, 0.717) is 17.9 Å². The Balaban J connectivity index is 3.36. The van der Waals surface area contributed by atoms with Crippen LogP contribution in [0.5, 0.6) is 0 Å². The Morgan fingerprint density at radius 2 is 1.96 bits per heavy atom. The molecule has 0 bridgehead atoms. The van der Waals surface area contributed by atoms with Crippen LogP contribution in [-0.2, 0) is 9.59 Å². The minimum Gasteiger partial charge on any atom is -0.481 e. The molecule has 10 heteroatoms. The van der Waals surface area contributed by atoms with Gasteiger partial charge in [-0.2, -0.15) is 5.01 Å². The largest absolute Gasteiger partial charge is 0.481 e. The van der Waals surface area contributed by atoms with E-state index in [4.69, 9.17) is 11.1 Å². The Bertz CT molecular complexity index is 524. The number of nitrogens with one attached hydrogen (secondary N) is 2. The van der Waals surface area contributed by atoms with Gasteiger partial charge in [-0.15, -0.1) is 4.91 Å². The molecule has 25 heavy (non-hydrogen) atoms. The standard InChI is InChI=1S/C15H27N5O5/c1-4-8(5-2)12(18-7(3)21)11-10(20(19-25)15(16)17)6-9(13(11)22)14(23)24/h8-13,22H,4-6H2,1-3H3,(H3,16,17)(H,18,21)(H,23,24)/t9-,10+,11+,12-,13+/m1/s1. The zero-order valence-corrected chi connectivity index (χ0v) is 14.7. The van der Waals surface area contributed by atoms with Crippen LogP contribution in [0.3, 0.4) is 0 Å². The maximum atomic E-state index is 11.7. The van der Waals surface area contributed by atoms with Gasteiger partial charge in [0.1, 0.15) is 0 Å². The van der Waals surface area contributed by atoms with Gasteiger partial charge in [0.15, 0.2) is 0 Å². The number of nitrogens with two attached hydrogens (primary N) is 1. The molecule has 5 atom stereocenters. The summed E-state index contributed by atoms with van der Waals surface area (Å²) in [6.07, 6.45) is -0.0283. The normalized spacial score (nSPS) is 26.9. The van der Waals surface area contributed by atoms with Gasteiger partial charge < -0.3 is 21.3 Å². The Kier molecular flexibility index (Phi) is 7.28. The number of carbonyl (C=O) groups excluding carboxylic acids is 1. The van der Waals surface area contributed by atoms with E-state index in [1.54, 1.807) is 0 Å². The number of aliphatic hydroxyl groups is 1. The van der Waals surface area contributed by atoms with E-state index in [0.717, 1.165) is 0 Å². The lowest BCUT2D eigenvalue weighted by molar-refractivity contribution is -0.145. The van der Waals surface area contributed by atoms with Crippen molar-refractivity contribution in [3.63, 3.8) is 0 Å². The van der Waals surface area contributed by atoms with Gasteiger partial charge in [0.2, 0.25) is 11.9 Å². The summed E-state index contributed by atoms with van der Waals surface area (Å²) in [5, 5.41) is 33.7. The summed E-state index contributed by atoms with van der Waals surface area (Å²) >= 11 is 0. The van der Waals surface area contributed by atoms with Gasteiger partial charge in [-0.1, -0.05) is 26.7 Å². The Morgan fingerprint density at radius 1 is 1.40 bits per heavy atom. The number of nitrogens with zero attached hydrogens (tertiary/aromatic N) is 2. The molecule has 0 heterocycles. The van der Waals surface area contributed by atoms with E-state index in [1.165, 1.54) is 6.92 Å². The molecule has 1 aliphatic carbocycles. The molecule has 0 aromatic rings. The highest BCUT2D eigenvalue weighted by Crippen LogP contribution is 2.40. The number of carboxylic acids is 1. The molecule has 10 nitrogen and oxygen atoms in total. The minimum atomic E-state index is -1.30. The van der Waals surface area contributed by atoms with Crippen molar-refractivity contribution in [2.75, 3.05) is 0 Å². The van der Waals surface area contributed by atoms with Gasteiger partial charge in [-0.05, 0) is 12.3 Å². The molecule has 1 amide bonds. The molecule has 6 N–H and O–H groups in total. The first kappa shape index (κ1) is 20.8. The molecular weight excluding hydrogens is 330 g/mol. The molecule has 0 unspecified atom stereocenters. The zero-order chi connectivity index (χ0) is 19.3. The van der Waals surface area contributed by atoms with Crippen LogP contribution in [0, 0.1) is 28.1 Å². The number of aliphatic hydroxyl groups excluding tert-OH is 1. The van der Waals surface area contributed by atoms with Gasteiger partial charge in [0.25, 0.3) is 0 Å². The number of hydrogen-bond donors (Lipinski definition) is 5. The predicted octanol–water partition coefficient (Wildman–Crippen LogP) is 0.254. The van der Waals surface area contributed by atoms with Crippen molar-refractivity contribution < 1.29 is 19.8 Å². The van der Waals surface area contributed by atoms with Crippen molar-refractivity contribution in [1.82, 2.24) is 10.3 Å². The summed E-state index contributed by atoms with van der Waals surface area (Å²) < 4.78 is 0. The fourth-order valence-electron chi connectivity index (χ4n) is 3.86. The van der Waals surface area contributed by atoms with Gasteiger partial charge >= 0.3 is 5.97 Å². The second-order valence-corrected chi connectivity index (χ2v) is 6.43. The molecule has 0 aromatic carbocycles. The molecular formula is C15H27N5O5. The summed E-state index contributed by atoms with van der Waals surface area (Å²) in [5.41, 5.74) is 5.40. The molecule has 142 valence electrons. The second-order valence-electron chi connectivity index (χ2n) is 6.43. The summed E-state index contributed by atoms with van der Waals surface area (Å²) in [6, 6.07) is -1.45. The lowest BCUT2D eigenvalue weighted by Gasteiger charge is -2.38. The molecule has 0 aromatic heterocycles. The third-order valence-corrected chi connectivity index (χ3v) is 5.05. The molecule has 1 saturated carbocycles. The van der Waals surface area contributed by atoms with Crippen LogP contribution >= 0.6 is 0 Å². The number of amides is 1. The van der Waals surface area contributed by atoms with Gasteiger partial charge in [-0.25, -0.2) is 0 Å². The molecule has 0 radical (unpaired) electrons. The molecule has 0 saturated heterocycles. The van der Waals surface area contributed by atoms with Crippen LogP contribution < -0.4 is 11.1 Å². The van der Waals surface area contributed by atoms with Crippen LogP contribution in [0.2, 0.25) is 0 Å². The predicted molar refractivity (Wildman–Crippen MR) is 90.3 cm³/mol. The molecule has 1 fully saturated rings. The summed E-state index contributed by atoms with van der Waals surface area (Å²) in [7, 11) is 0. The fraction of sp³-hybridized carbons (Fsp3) is 0.800. The number of guanidine groups is 1. The van der Waals surface area contributed by atoms with Crippen LogP contribution in [0.1, 0.15) is 40.0 Å². The molecule has 1 rings (SSSR count). The van der Waals surface area contributed by atoms with Gasteiger partial charge in [-0.3, -0.25) is 15.0 Å². The number of nitroso groups, excluding NO2 is 1. The number of hydrogen-bond acceptors (Lipinski definition) is 6. The third-order valence-electron chi connectivity index (χ3n) is 5.05. The Morgan fingerprint density at radius 3 is 2.32 bits per heavy atom. The van der Waals surface area contributed by atoms with E-state index in [2.05, 4.69) is 10.6 Å². The van der Waals surface area contributed by atoms with E-state index >= 15 is 0 Å². The summed E-state index contributed by atoms with van der Waals surface area (Å²) in [4.78, 5) is 34.3. The quantitative estimate of drug-likeness (QED) is 0.179. The average molecular weight is 357 g/mol. The topological polar surface area (TPSA) is 169 Å². The monoisotopic (exact) mass is 357 g/mol. The first-order chi connectivity index (χ1) is 11.7. The average Bonchev–Trinajstić information content (AvgIpc) is 2.84. The molecule has 1 aliphatic rings. The van der Waals surface area contributed by atoms with E-state index < -0.39 is 42.0 Å². The van der Waals surface area contributed by atoms with E-state index in [-0.39, 0.29) is 18.2 Å². The molecule has 0 aliphatic heterocycles. The van der Waals surface area contributed by atoms with Gasteiger partial charge in [0.05, 0.1) is 23.3 Å². The number of aliphatic carboxylic acids is 1. The van der Waals surface area contributed by atoms with Crippen LogP contribution in [0.25, 0.3) is 0 Å². The lowest BCUT2D eigenvalue weighted by atomic mass is 9.80. The Labute approximate surface area is 146 Å². The molecule has 0 spiro atoms. The van der Waals surface area contributed by atoms with Crippen LogP contribution in [0.15, 0.2) is 5.29 Å². The lowest BCUT2D eigenvalue weighted by Crippen LogP contribution is -2.54. The third kappa shape index (κ3) is 4.44. The van der Waals surface area contributed by atoms with E-state index in [1.807, 2.05) is 13.8 Å². The SMILES string of the molecule is CCC(CC)[C@@H](NC(C)=O)[C@H]1[C@@H](O)[C@H](C(=O)O)C[C@@H]1N(N=O)C(=N)N. The first-order valence-electron chi connectivity index (χ1n) is 8.33. The van der Waals surface area contributed by atoms with E-state index in [9.17, 15) is 24.7 Å². The highest BCUT2D eigenvalue weighted by Gasteiger charge is 2.53. The highest BCUT2D eigenvalue weighted by atomic mass is 16.4. The van der Waals surface area contributed by atoms with Gasteiger partial charge in [0, 0.05) is 18.9 Å². The zero-order valence-electron chi connectivity index (χ0n) is 14.7. The number of carbonyl (C=O) groups is 2. The fourth-order valence-corrected chi connectivity index (χ4v) is 3.86. The van der Waals surface area contributed by atoms with Crippen molar-refractivity contribution in [2.24, 2.45) is 28.8 Å². The second kappa shape index (κ2) is 8.75. The van der Waals surface area contributed by atoms with Crippen molar-refractivity contribution in [3.8, 4) is 0 Å². The minimum absolute atomic E-state index is 0.0425. The highest BCUT2D eigenvalue weighted by molar-refractivity contribution is 5.76. The van der Waals surface area contributed by atoms with Crippen molar-refractivity contribution >= 4 is 17.8 Å². The Hall–Kier alpha value is -2.23. The maximum Gasteiger partial charge on any atom is 0.309 e. The van der Waals surface area contributed by atoms with Crippen LogP contribution in [0.4, 0.5) is 0 Å². The maximum absolute atomic E-state index is 11.7. The number of rotatable bonds is 8.